The minimum atomic E-state index is -0.915. The normalized spacial score (nSPS) is 21.4. The molecule has 0 unspecified atom stereocenters. The summed E-state index contributed by atoms with van der Waals surface area (Å²) in [5.74, 6) is 0.0512. The monoisotopic (exact) mass is 417 g/mol. The van der Waals surface area contributed by atoms with Crippen molar-refractivity contribution >= 4 is 34.4 Å². The number of aromatic amines is 1. The average molecular weight is 418 g/mol. The second-order valence-electron chi connectivity index (χ2n) is 7.02. The van der Waals surface area contributed by atoms with Crippen molar-refractivity contribution in [2.24, 2.45) is 0 Å². The molecule has 1 aliphatic carbocycles. The fourth-order valence-corrected chi connectivity index (χ4v) is 3.65. The summed E-state index contributed by atoms with van der Waals surface area (Å²) >= 11 is 6.10. The van der Waals surface area contributed by atoms with Crippen molar-refractivity contribution in [2.45, 2.75) is 37.6 Å². The highest BCUT2D eigenvalue weighted by atomic mass is 35.5. The molecule has 10 nitrogen and oxygen atoms in total. The molecule has 1 aliphatic rings. The van der Waals surface area contributed by atoms with Crippen molar-refractivity contribution in [1.82, 2.24) is 30.0 Å². The highest BCUT2D eigenvalue weighted by Gasteiger charge is 2.34. The molecule has 0 bridgehead atoms. The van der Waals surface area contributed by atoms with Crippen molar-refractivity contribution in [3.63, 3.8) is 0 Å². The van der Waals surface area contributed by atoms with E-state index < -0.39 is 12.2 Å². The van der Waals surface area contributed by atoms with E-state index in [4.69, 9.17) is 11.6 Å². The Labute approximate surface area is 171 Å². The summed E-state index contributed by atoms with van der Waals surface area (Å²) in [6.07, 6.45) is 2.27. The van der Waals surface area contributed by atoms with E-state index in [1.165, 1.54) is 11.2 Å². The zero-order chi connectivity index (χ0) is 20.5. The molecule has 0 radical (unpaired) electrons. The molecule has 4 rings (SSSR count). The van der Waals surface area contributed by atoms with Crippen LogP contribution < -0.4 is 5.32 Å². The van der Waals surface area contributed by atoms with E-state index in [0.29, 0.717) is 40.4 Å². The van der Waals surface area contributed by atoms with Crippen LogP contribution in [0.4, 0.5) is 5.82 Å². The summed E-state index contributed by atoms with van der Waals surface area (Å²) in [6.45, 7) is 0.260. The molecule has 29 heavy (non-hydrogen) atoms. The number of fused-ring (bicyclic) bond motifs is 1. The van der Waals surface area contributed by atoms with E-state index in [2.05, 4.69) is 30.5 Å². The van der Waals surface area contributed by atoms with E-state index in [1.807, 2.05) is 0 Å². The Morgan fingerprint density at radius 2 is 2.17 bits per heavy atom. The molecule has 3 aromatic rings. The number of aromatic nitrogens is 5. The van der Waals surface area contributed by atoms with Crippen LogP contribution in [0.25, 0.3) is 11.0 Å². The first-order chi connectivity index (χ1) is 14.0. The number of hydrogen-bond donors (Lipinski definition) is 4. The number of rotatable bonds is 5. The number of pyridine rings is 1. The Morgan fingerprint density at radius 3 is 2.90 bits per heavy atom. The summed E-state index contributed by atoms with van der Waals surface area (Å²) in [5.41, 5.74) is 1.26. The van der Waals surface area contributed by atoms with Crippen LogP contribution in [0.5, 0.6) is 0 Å². The number of halogens is 1. The van der Waals surface area contributed by atoms with Crippen LogP contribution in [0.3, 0.4) is 0 Å². The van der Waals surface area contributed by atoms with Crippen LogP contribution in [0.2, 0.25) is 5.15 Å². The van der Waals surface area contributed by atoms with Gasteiger partial charge in [0.1, 0.15) is 23.0 Å². The molecule has 0 aromatic carbocycles. The van der Waals surface area contributed by atoms with E-state index in [0.717, 1.165) is 0 Å². The van der Waals surface area contributed by atoms with Gasteiger partial charge in [-0.25, -0.2) is 15.0 Å². The molecule has 3 heterocycles. The topological polar surface area (TPSA) is 140 Å². The average Bonchev–Trinajstić information content (AvgIpc) is 3.28. The van der Waals surface area contributed by atoms with Gasteiger partial charge < -0.3 is 20.4 Å². The summed E-state index contributed by atoms with van der Waals surface area (Å²) in [5, 5.41) is 30.6. The summed E-state index contributed by atoms with van der Waals surface area (Å²) in [4.78, 5) is 26.9. The Hall–Kier alpha value is -2.82. The number of aliphatic hydroxyl groups excluding tert-OH is 2. The summed E-state index contributed by atoms with van der Waals surface area (Å²) in [6, 6.07) is 3.17. The molecule has 11 heteroatoms. The van der Waals surface area contributed by atoms with Gasteiger partial charge in [0, 0.05) is 25.4 Å². The van der Waals surface area contributed by atoms with E-state index >= 15 is 0 Å². The number of nitrogens with one attached hydrogen (secondary N) is 2. The Bertz CT molecular complexity index is 1040. The molecule has 1 amide bonds. The van der Waals surface area contributed by atoms with E-state index in [1.54, 1.807) is 25.4 Å². The van der Waals surface area contributed by atoms with Crippen molar-refractivity contribution in [3.05, 3.63) is 41.1 Å². The van der Waals surface area contributed by atoms with Crippen LogP contribution in [0.1, 0.15) is 28.9 Å². The fourth-order valence-electron chi connectivity index (χ4n) is 3.47. The Balaban J connectivity index is 1.62. The van der Waals surface area contributed by atoms with Crippen molar-refractivity contribution in [3.8, 4) is 0 Å². The number of aliphatic hydroxyl groups is 2. The molecule has 0 aliphatic heterocycles. The quantitative estimate of drug-likeness (QED) is 0.450. The largest absolute Gasteiger partial charge is 0.390 e. The highest BCUT2D eigenvalue weighted by Crippen LogP contribution is 2.28. The second-order valence-corrected chi connectivity index (χ2v) is 7.38. The number of carbonyl (C=O) groups excluding carboxylic acids is 1. The van der Waals surface area contributed by atoms with Gasteiger partial charge in [-0.15, -0.1) is 0 Å². The van der Waals surface area contributed by atoms with Crippen LogP contribution in [-0.4, -0.2) is 71.5 Å². The molecule has 3 atom stereocenters. The number of amides is 1. The number of H-pyrrole nitrogens is 1. The molecule has 1 fully saturated rings. The highest BCUT2D eigenvalue weighted by molar-refractivity contribution is 6.30. The van der Waals surface area contributed by atoms with Gasteiger partial charge >= 0.3 is 0 Å². The second kappa shape index (κ2) is 7.90. The third-order valence-electron chi connectivity index (χ3n) is 5.06. The zero-order valence-electron chi connectivity index (χ0n) is 15.6. The molecule has 152 valence electrons. The van der Waals surface area contributed by atoms with Gasteiger partial charge in [0.05, 0.1) is 23.6 Å². The number of nitrogens with zero attached hydrogens (tertiary/aromatic N) is 5. The van der Waals surface area contributed by atoms with Crippen LogP contribution in [0.15, 0.2) is 24.7 Å². The molecule has 4 N–H and O–H groups in total. The Morgan fingerprint density at radius 1 is 1.34 bits per heavy atom. The number of carbonyl (C=O) groups is 1. The third kappa shape index (κ3) is 3.74. The zero-order valence-corrected chi connectivity index (χ0v) is 16.3. The molecule has 0 saturated heterocycles. The van der Waals surface area contributed by atoms with Gasteiger partial charge in [-0.05, 0) is 18.9 Å². The van der Waals surface area contributed by atoms with Gasteiger partial charge in [0.25, 0.3) is 5.91 Å². The lowest BCUT2D eigenvalue weighted by atomic mass is 10.2. The van der Waals surface area contributed by atoms with Crippen LogP contribution >= 0.6 is 11.6 Å². The lowest BCUT2D eigenvalue weighted by Gasteiger charge is -2.20. The van der Waals surface area contributed by atoms with E-state index in [9.17, 15) is 15.0 Å². The molecule has 1 saturated carbocycles. The third-order valence-corrected chi connectivity index (χ3v) is 5.40. The minimum Gasteiger partial charge on any atom is -0.390 e. The first-order valence-electron chi connectivity index (χ1n) is 9.12. The SMILES string of the molecule is CN(Cc1cccnc1Cl)C(=O)c1[nH]nc2ncnc(N[C@@H]3CC[C@@H](O)[C@H]3O)c12. The van der Waals surface area contributed by atoms with E-state index in [-0.39, 0.29) is 24.2 Å². The summed E-state index contributed by atoms with van der Waals surface area (Å²) < 4.78 is 0. The number of anilines is 1. The van der Waals surface area contributed by atoms with Gasteiger partial charge in [-0.3, -0.25) is 9.89 Å². The minimum absolute atomic E-state index is 0.221. The van der Waals surface area contributed by atoms with Crippen LogP contribution in [-0.2, 0) is 6.54 Å². The van der Waals surface area contributed by atoms with Crippen molar-refractivity contribution < 1.29 is 15.0 Å². The fraction of sp³-hybridized carbons (Fsp3) is 0.389. The van der Waals surface area contributed by atoms with Crippen LogP contribution in [0, 0.1) is 0 Å². The van der Waals surface area contributed by atoms with Gasteiger partial charge in [-0.2, -0.15) is 5.10 Å². The lowest BCUT2D eigenvalue weighted by Crippen LogP contribution is -2.34. The van der Waals surface area contributed by atoms with Crippen molar-refractivity contribution in [2.75, 3.05) is 12.4 Å². The van der Waals surface area contributed by atoms with Gasteiger partial charge in [-0.1, -0.05) is 17.7 Å². The summed E-state index contributed by atoms with van der Waals surface area (Å²) in [7, 11) is 1.65. The molecule has 3 aromatic heterocycles. The first kappa shape index (κ1) is 19.5. The maximum Gasteiger partial charge on any atom is 0.272 e. The molecular weight excluding hydrogens is 398 g/mol. The molecule has 0 spiro atoms. The molecular formula is C18H20ClN7O3. The predicted octanol–water partition coefficient (Wildman–Crippen LogP) is 0.970. The first-order valence-corrected chi connectivity index (χ1v) is 9.50. The Kier molecular flexibility index (Phi) is 5.31. The standard InChI is InChI=1S/C18H20ClN7O3/c1-26(7-9-3-2-6-20-15(9)19)18(29)13-12-16(21-8-22-17(12)25-24-13)23-10-4-5-11(27)14(10)28/h2-3,6,8,10-11,14,27-28H,4-5,7H2,1H3,(H2,21,22,23,24,25)/t10-,11-,14+/m1/s1. The van der Waals surface area contributed by atoms with Gasteiger partial charge in [0.2, 0.25) is 0 Å². The predicted molar refractivity (Wildman–Crippen MR) is 105 cm³/mol. The number of hydrogen-bond acceptors (Lipinski definition) is 8. The maximum absolute atomic E-state index is 13.1. The van der Waals surface area contributed by atoms with Crippen molar-refractivity contribution in [1.29, 1.82) is 0 Å². The van der Waals surface area contributed by atoms with Gasteiger partial charge in [0.15, 0.2) is 5.65 Å². The smallest absolute Gasteiger partial charge is 0.272 e. The lowest BCUT2D eigenvalue weighted by molar-refractivity contribution is 0.0392. The maximum atomic E-state index is 13.1.